The molecule has 1 aliphatic rings. The number of hydrogen-bond acceptors (Lipinski definition) is 3. The summed E-state index contributed by atoms with van der Waals surface area (Å²) in [4.78, 5) is 0. The Bertz CT molecular complexity index is 378. The van der Waals surface area contributed by atoms with Crippen LogP contribution in [-0.2, 0) is 5.60 Å². The standard InChI is InChI=1S/C14H21NO2/c1-15-10-12-5-2-3-8-14(12,17)11-6-4-7-13(16)9-11/h4,6-7,9,12,15-17H,2-3,5,8,10H2,1H3. The minimum Gasteiger partial charge on any atom is -0.508 e. The molecular formula is C14H21NO2. The van der Waals surface area contributed by atoms with E-state index in [1.165, 1.54) is 6.42 Å². The molecule has 0 spiro atoms. The Morgan fingerprint density at radius 1 is 1.41 bits per heavy atom. The Balaban J connectivity index is 2.30. The van der Waals surface area contributed by atoms with Gasteiger partial charge in [-0.3, -0.25) is 0 Å². The van der Waals surface area contributed by atoms with Crippen molar-refractivity contribution in [3.8, 4) is 5.75 Å². The van der Waals surface area contributed by atoms with E-state index >= 15 is 0 Å². The molecule has 1 fully saturated rings. The summed E-state index contributed by atoms with van der Waals surface area (Å²) in [6, 6.07) is 7.04. The minimum absolute atomic E-state index is 0.225. The first-order valence-electron chi connectivity index (χ1n) is 6.33. The van der Waals surface area contributed by atoms with Crippen molar-refractivity contribution in [3.05, 3.63) is 29.8 Å². The molecule has 1 aromatic rings. The van der Waals surface area contributed by atoms with Crippen LogP contribution in [0.15, 0.2) is 24.3 Å². The van der Waals surface area contributed by atoms with E-state index in [4.69, 9.17) is 0 Å². The zero-order valence-corrected chi connectivity index (χ0v) is 10.3. The van der Waals surface area contributed by atoms with E-state index in [1.807, 2.05) is 13.1 Å². The zero-order chi connectivity index (χ0) is 12.3. The van der Waals surface area contributed by atoms with Crippen LogP contribution >= 0.6 is 0 Å². The fraction of sp³-hybridized carbons (Fsp3) is 0.571. The SMILES string of the molecule is CNCC1CCCCC1(O)c1cccc(O)c1. The van der Waals surface area contributed by atoms with Crippen molar-refractivity contribution >= 4 is 0 Å². The average Bonchev–Trinajstić information content (AvgIpc) is 2.32. The van der Waals surface area contributed by atoms with Crippen molar-refractivity contribution in [2.75, 3.05) is 13.6 Å². The molecule has 3 N–H and O–H groups in total. The number of phenols is 1. The van der Waals surface area contributed by atoms with Crippen molar-refractivity contribution in [1.82, 2.24) is 5.32 Å². The zero-order valence-electron chi connectivity index (χ0n) is 10.3. The summed E-state index contributed by atoms with van der Waals surface area (Å²) in [6.07, 6.45) is 4.04. The van der Waals surface area contributed by atoms with E-state index in [2.05, 4.69) is 5.32 Å². The molecule has 0 aliphatic heterocycles. The molecule has 0 radical (unpaired) electrons. The second kappa shape index (κ2) is 5.07. The summed E-state index contributed by atoms with van der Waals surface area (Å²) in [5, 5.41) is 23.6. The van der Waals surface area contributed by atoms with Crippen LogP contribution in [0.5, 0.6) is 5.75 Å². The Kier molecular flexibility index (Phi) is 3.69. The fourth-order valence-corrected chi connectivity index (χ4v) is 2.90. The number of benzene rings is 1. The smallest absolute Gasteiger partial charge is 0.115 e. The van der Waals surface area contributed by atoms with Gasteiger partial charge in [0.2, 0.25) is 0 Å². The Morgan fingerprint density at radius 2 is 2.24 bits per heavy atom. The van der Waals surface area contributed by atoms with Gasteiger partial charge >= 0.3 is 0 Å². The van der Waals surface area contributed by atoms with Gasteiger partial charge in [-0.25, -0.2) is 0 Å². The molecule has 2 rings (SSSR count). The average molecular weight is 235 g/mol. The maximum Gasteiger partial charge on any atom is 0.115 e. The topological polar surface area (TPSA) is 52.5 Å². The summed E-state index contributed by atoms with van der Waals surface area (Å²) in [6.45, 7) is 0.812. The molecule has 1 aliphatic carbocycles. The number of hydrogen-bond donors (Lipinski definition) is 3. The molecule has 1 aromatic carbocycles. The number of phenolic OH excluding ortho intramolecular Hbond substituents is 1. The second-order valence-corrected chi connectivity index (χ2v) is 4.97. The molecule has 17 heavy (non-hydrogen) atoms. The van der Waals surface area contributed by atoms with Gasteiger partial charge in [0.05, 0.1) is 5.60 Å². The van der Waals surface area contributed by atoms with Gasteiger partial charge in [0, 0.05) is 12.5 Å². The quantitative estimate of drug-likeness (QED) is 0.751. The lowest BCUT2D eigenvalue weighted by atomic mass is 9.71. The predicted molar refractivity (Wildman–Crippen MR) is 67.9 cm³/mol. The Hall–Kier alpha value is -1.06. The highest BCUT2D eigenvalue weighted by Crippen LogP contribution is 2.42. The first-order chi connectivity index (χ1) is 8.16. The van der Waals surface area contributed by atoms with Gasteiger partial charge in [0.1, 0.15) is 5.75 Å². The van der Waals surface area contributed by atoms with Crippen LogP contribution in [0, 0.1) is 5.92 Å². The summed E-state index contributed by atoms with van der Waals surface area (Å²) < 4.78 is 0. The van der Waals surface area contributed by atoms with Crippen LogP contribution in [-0.4, -0.2) is 23.8 Å². The highest BCUT2D eigenvalue weighted by atomic mass is 16.3. The van der Waals surface area contributed by atoms with Gasteiger partial charge in [-0.15, -0.1) is 0 Å². The Labute approximate surface area is 102 Å². The maximum atomic E-state index is 10.9. The molecule has 1 saturated carbocycles. The van der Waals surface area contributed by atoms with Gasteiger partial charge in [-0.05, 0) is 37.6 Å². The second-order valence-electron chi connectivity index (χ2n) is 4.97. The molecule has 3 nitrogen and oxygen atoms in total. The van der Waals surface area contributed by atoms with E-state index in [1.54, 1.807) is 18.2 Å². The van der Waals surface area contributed by atoms with E-state index in [9.17, 15) is 10.2 Å². The van der Waals surface area contributed by atoms with E-state index in [0.717, 1.165) is 31.4 Å². The van der Waals surface area contributed by atoms with Crippen molar-refractivity contribution in [2.45, 2.75) is 31.3 Å². The highest BCUT2D eigenvalue weighted by Gasteiger charge is 2.39. The Morgan fingerprint density at radius 3 is 2.94 bits per heavy atom. The lowest BCUT2D eigenvalue weighted by Crippen LogP contribution is -2.42. The van der Waals surface area contributed by atoms with Gasteiger partial charge in [-0.1, -0.05) is 25.0 Å². The fourth-order valence-electron chi connectivity index (χ4n) is 2.90. The van der Waals surface area contributed by atoms with Crippen LogP contribution in [0.1, 0.15) is 31.2 Å². The molecule has 0 bridgehead atoms. The monoisotopic (exact) mass is 235 g/mol. The predicted octanol–water partition coefficient (Wildman–Crippen LogP) is 1.99. The summed E-state index contributed by atoms with van der Waals surface area (Å²) in [5.74, 6) is 0.452. The van der Waals surface area contributed by atoms with Crippen LogP contribution < -0.4 is 5.32 Å². The van der Waals surface area contributed by atoms with E-state index in [-0.39, 0.29) is 11.7 Å². The van der Waals surface area contributed by atoms with Crippen molar-refractivity contribution in [1.29, 1.82) is 0 Å². The molecule has 94 valence electrons. The van der Waals surface area contributed by atoms with Gasteiger partial charge in [-0.2, -0.15) is 0 Å². The molecule has 0 aromatic heterocycles. The summed E-state index contributed by atoms with van der Waals surface area (Å²) >= 11 is 0. The third-order valence-electron chi connectivity index (χ3n) is 3.83. The first kappa shape index (κ1) is 12.4. The molecular weight excluding hydrogens is 214 g/mol. The van der Waals surface area contributed by atoms with E-state index < -0.39 is 5.60 Å². The van der Waals surface area contributed by atoms with E-state index in [0.29, 0.717) is 0 Å². The maximum absolute atomic E-state index is 10.9. The molecule has 2 atom stereocenters. The third-order valence-corrected chi connectivity index (χ3v) is 3.83. The number of aromatic hydroxyl groups is 1. The largest absolute Gasteiger partial charge is 0.508 e. The molecule has 2 unspecified atom stereocenters. The molecule has 0 amide bonds. The lowest BCUT2D eigenvalue weighted by molar-refractivity contribution is -0.0531. The van der Waals surface area contributed by atoms with Crippen LogP contribution in [0.4, 0.5) is 0 Å². The molecule has 0 heterocycles. The van der Waals surface area contributed by atoms with Gasteiger partial charge < -0.3 is 15.5 Å². The molecule has 3 heteroatoms. The van der Waals surface area contributed by atoms with Crippen LogP contribution in [0.2, 0.25) is 0 Å². The number of nitrogens with one attached hydrogen (secondary N) is 1. The highest BCUT2D eigenvalue weighted by molar-refractivity contribution is 5.32. The first-order valence-corrected chi connectivity index (χ1v) is 6.33. The third kappa shape index (κ3) is 2.45. The minimum atomic E-state index is -0.792. The molecule has 0 saturated heterocycles. The normalized spacial score (nSPS) is 29.2. The number of rotatable bonds is 3. The van der Waals surface area contributed by atoms with Gasteiger partial charge in [0.25, 0.3) is 0 Å². The number of aliphatic hydroxyl groups is 1. The van der Waals surface area contributed by atoms with Crippen molar-refractivity contribution < 1.29 is 10.2 Å². The summed E-state index contributed by atoms with van der Waals surface area (Å²) in [5.41, 5.74) is 0.0532. The summed E-state index contributed by atoms with van der Waals surface area (Å²) in [7, 11) is 1.91. The van der Waals surface area contributed by atoms with Crippen LogP contribution in [0.3, 0.4) is 0 Å². The lowest BCUT2D eigenvalue weighted by Gasteiger charge is -2.40. The van der Waals surface area contributed by atoms with Crippen molar-refractivity contribution in [2.24, 2.45) is 5.92 Å². The van der Waals surface area contributed by atoms with Gasteiger partial charge in [0.15, 0.2) is 0 Å². The van der Waals surface area contributed by atoms with Crippen LogP contribution in [0.25, 0.3) is 0 Å². The van der Waals surface area contributed by atoms with Crippen molar-refractivity contribution in [3.63, 3.8) is 0 Å².